The van der Waals surface area contributed by atoms with Gasteiger partial charge in [0.15, 0.2) is 11.5 Å². The minimum absolute atomic E-state index is 0.00882. The van der Waals surface area contributed by atoms with Gasteiger partial charge in [0, 0.05) is 11.6 Å². The second kappa shape index (κ2) is 6.56. The molecular formula is C15H18BrNO5. The molecule has 0 radical (unpaired) electrons. The number of carboxylic acid groups (broad SMARTS) is 1. The van der Waals surface area contributed by atoms with Crippen LogP contribution in [0.4, 0.5) is 0 Å². The molecule has 1 aromatic carbocycles. The fraction of sp³-hybridized carbons (Fsp3) is 0.467. The lowest BCUT2D eigenvalue weighted by atomic mass is 10.1. The lowest BCUT2D eigenvalue weighted by Gasteiger charge is -2.27. The van der Waals surface area contributed by atoms with Crippen molar-refractivity contribution in [2.75, 3.05) is 14.2 Å². The van der Waals surface area contributed by atoms with Crippen LogP contribution in [0, 0.1) is 0 Å². The van der Waals surface area contributed by atoms with Crippen LogP contribution in [0.1, 0.15) is 30.1 Å². The van der Waals surface area contributed by atoms with Crippen molar-refractivity contribution in [3.8, 4) is 11.5 Å². The summed E-state index contributed by atoms with van der Waals surface area (Å²) in [5.41, 5.74) is 0.365. The first-order chi connectivity index (χ1) is 10.4. The summed E-state index contributed by atoms with van der Waals surface area (Å²) < 4.78 is 11.0. The van der Waals surface area contributed by atoms with E-state index in [1.165, 1.54) is 26.0 Å². The molecule has 2 rings (SSSR count). The van der Waals surface area contributed by atoms with Gasteiger partial charge in [0.05, 0.1) is 18.7 Å². The Hall–Kier alpha value is -1.76. The highest BCUT2D eigenvalue weighted by Crippen LogP contribution is 2.38. The van der Waals surface area contributed by atoms with Crippen LogP contribution in [-0.4, -0.2) is 48.2 Å². The maximum Gasteiger partial charge on any atom is 0.326 e. The molecular weight excluding hydrogens is 354 g/mol. The Labute approximate surface area is 137 Å². The molecule has 1 amide bonds. The van der Waals surface area contributed by atoms with Gasteiger partial charge in [-0.25, -0.2) is 4.79 Å². The summed E-state index contributed by atoms with van der Waals surface area (Å²) >= 11 is 3.34. The van der Waals surface area contributed by atoms with E-state index in [1.54, 1.807) is 12.1 Å². The number of carbonyl (C=O) groups is 2. The molecule has 1 N–H and O–H groups in total. The molecule has 1 fully saturated rings. The smallest absolute Gasteiger partial charge is 0.326 e. The number of methoxy groups -OCH3 is 2. The van der Waals surface area contributed by atoms with Gasteiger partial charge in [-0.05, 0) is 47.8 Å². The number of rotatable bonds is 6. The first-order valence-electron chi connectivity index (χ1n) is 6.87. The van der Waals surface area contributed by atoms with Crippen LogP contribution in [-0.2, 0) is 4.79 Å². The Bertz CT molecular complexity index is 600. The van der Waals surface area contributed by atoms with Gasteiger partial charge in [-0.1, -0.05) is 0 Å². The zero-order valence-corrected chi connectivity index (χ0v) is 14.2. The lowest BCUT2D eigenvalue weighted by molar-refractivity contribution is -0.141. The largest absolute Gasteiger partial charge is 0.493 e. The number of carboxylic acids is 1. The van der Waals surface area contributed by atoms with E-state index in [0.29, 0.717) is 21.5 Å². The van der Waals surface area contributed by atoms with Gasteiger partial charge >= 0.3 is 5.97 Å². The van der Waals surface area contributed by atoms with Crippen molar-refractivity contribution in [1.29, 1.82) is 0 Å². The standard InChI is InChI=1S/C15H18BrNO5/c1-8(15(19)20)17(10-4-5-10)14(18)9-6-11(16)13(22-3)12(7-9)21-2/h6-8,10H,4-5H2,1-3H3,(H,19,20). The average molecular weight is 372 g/mol. The summed E-state index contributed by atoms with van der Waals surface area (Å²) in [6.45, 7) is 1.52. The molecule has 0 spiro atoms. The molecule has 0 bridgehead atoms. The third kappa shape index (κ3) is 3.19. The zero-order chi connectivity index (χ0) is 16.4. The Morgan fingerprint density at radius 1 is 1.32 bits per heavy atom. The van der Waals surface area contributed by atoms with E-state index in [0.717, 1.165) is 12.8 Å². The van der Waals surface area contributed by atoms with Gasteiger partial charge in [-0.15, -0.1) is 0 Å². The normalized spacial score (nSPS) is 15.1. The average Bonchev–Trinajstić information content (AvgIpc) is 3.30. The first-order valence-corrected chi connectivity index (χ1v) is 7.67. The first kappa shape index (κ1) is 16.6. The topological polar surface area (TPSA) is 76.1 Å². The quantitative estimate of drug-likeness (QED) is 0.831. The van der Waals surface area contributed by atoms with Gasteiger partial charge in [-0.3, -0.25) is 4.79 Å². The summed E-state index contributed by atoms with van der Waals surface area (Å²) in [4.78, 5) is 25.4. The highest BCUT2D eigenvalue weighted by molar-refractivity contribution is 9.10. The predicted octanol–water partition coefficient (Wildman–Crippen LogP) is 2.54. The maximum absolute atomic E-state index is 12.7. The molecule has 6 nitrogen and oxygen atoms in total. The number of aliphatic carboxylic acids is 1. The molecule has 0 heterocycles. The SMILES string of the molecule is COc1cc(C(=O)N(C2CC2)C(C)C(=O)O)cc(Br)c1OC. The van der Waals surface area contributed by atoms with Crippen LogP contribution in [0.2, 0.25) is 0 Å². The lowest BCUT2D eigenvalue weighted by Crippen LogP contribution is -2.44. The van der Waals surface area contributed by atoms with Crippen LogP contribution >= 0.6 is 15.9 Å². The Morgan fingerprint density at radius 3 is 2.41 bits per heavy atom. The van der Waals surface area contributed by atoms with Crippen molar-refractivity contribution in [1.82, 2.24) is 4.90 Å². The van der Waals surface area contributed by atoms with Crippen molar-refractivity contribution in [2.45, 2.75) is 31.8 Å². The molecule has 7 heteroatoms. The number of amides is 1. The highest BCUT2D eigenvalue weighted by Gasteiger charge is 2.39. The van der Waals surface area contributed by atoms with Crippen molar-refractivity contribution in [3.63, 3.8) is 0 Å². The van der Waals surface area contributed by atoms with E-state index in [4.69, 9.17) is 9.47 Å². The maximum atomic E-state index is 12.7. The van der Waals surface area contributed by atoms with Crippen molar-refractivity contribution in [3.05, 3.63) is 22.2 Å². The number of nitrogens with zero attached hydrogens (tertiary/aromatic N) is 1. The third-order valence-corrected chi connectivity index (χ3v) is 4.22. The molecule has 0 aliphatic heterocycles. The molecule has 1 aromatic rings. The van der Waals surface area contributed by atoms with E-state index in [9.17, 15) is 14.7 Å². The molecule has 0 saturated heterocycles. The van der Waals surface area contributed by atoms with Gasteiger partial charge in [0.25, 0.3) is 5.91 Å². The second-order valence-corrected chi connectivity index (χ2v) is 6.01. The molecule has 1 unspecified atom stereocenters. The van der Waals surface area contributed by atoms with Gasteiger partial charge in [0.1, 0.15) is 6.04 Å². The van der Waals surface area contributed by atoms with Crippen molar-refractivity contribution >= 4 is 27.8 Å². The van der Waals surface area contributed by atoms with Gasteiger partial charge in [-0.2, -0.15) is 0 Å². The molecule has 1 atom stereocenters. The number of benzene rings is 1. The van der Waals surface area contributed by atoms with Crippen LogP contribution in [0.5, 0.6) is 11.5 Å². The molecule has 1 aliphatic rings. The summed E-state index contributed by atoms with van der Waals surface area (Å²) in [6, 6.07) is 2.31. The van der Waals surface area contributed by atoms with Gasteiger partial charge in [0.2, 0.25) is 0 Å². The van der Waals surface area contributed by atoms with E-state index >= 15 is 0 Å². The number of hydrogen-bond acceptors (Lipinski definition) is 4. The minimum Gasteiger partial charge on any atom is -0.493 e. The van der Waals surface area contributed by atoms with Crippen molar-refractivity contribution < 1.29 is 24.2 Å². The van der Waals surface area contributed by atoms with Crippen LogP contribution in [0.15, 0.2) is 16.6 Å². The number of hydrogen-bond donors (Lipinski definition) is 1. The fourth-order valence-electron chi connectivity index (χ4n) is 2.32. The summed E-state index contributed by atoms with van der Waals surface area (Å²) in [7, 11) is 2.99. The Balaban J connectivity index is 2.39. The molecule has 0 aromatic heterocycles. The summed E-state index contributed by atoms with van der Waals surface area (Å²) in [5, 5.41) is 9.21. The molecule has 120 valence electrons. The predicted molar refractivity (Wildman–Crippen MR) is 83.5 cm³/mol. The fourth-order valence-corrected chi connectivity index (χ4v) is 2.92. The molecule has 22 heavy (non-hydrogen) atoms. The number of halogens is 1. The van der Waals surface area contributed by atoms with Gasteiger partial charge < -0.3 is 19.5 Å². The monoisotopic (exact) mass is 371 g/mol. The Kier molecular flexibility index (Phi) is 4.95. The summed E-state index contributed by atoms with van der Waals surface area (Å²) in [5.74, 6) is -0.430. The molecule has 1 saturated carbocycles. The van der Waals surface area contributed by atoms with Crippen molar-refractivity contribution in [2.24, 2.45) is 0 Å². The number of ether oxygens (including phenoxy) is 2. The molecule has 1 aliphatic carbocycles. The Morgan fingerprint density at radius 2 is 1.95 bits per heavy atom. The van der Waals surface area contributed by atoms with E-state index < -0.39 is 12.0 Å². The van der Waals surface area contributed by atoms with Crippen LogP contribution in [0.3, 0.4) is 0 Å². The third-order valence-electron chi connectivity index (χ3n) is 3.63. The van der Waals surface area contributed by atoms with Crippen LogP contribution in [0.25, 0.3) is 0 Å². The second-order valence-electron chi connectivity index (χ2n) is 5.15. The van der Waals surface area contributed by atoms with Crippen LogP contribution < -0.4 is 9.47 Å². The van der Waals surface area contributed by atoms with E-state index in [2.05, 4.69) is 15.9 Å². The van der Waals surface area contributed by atoms with E-state index in [-0.39, 0.29) is 11.9 Å². The minimum atomic E-state index is -1.01. The van der Waals surface area contributed by atoms with E-state index in [1.807, 2.05) is 0 Å². The number of carbonyl (C=O) groups excluding carboxylic acids is 1. The highest BCUT2D eigenvalue weighted by atomic mass is 79.9. The summed E-state index contributed by atoms with van der Waals surface area (Å²) in [6.07, 6.45) is 1.66. The zero-order valence-electron chi connectivity index (χ0n) is 12.6.